The van der Waals surface area contributed by atoms with Crippen molar-refractivity contribution in [3.05, 3.63) is 42.3 Å². The molecule has 0 aliphatic heterocycles. The quantitative estimate of drug-likeness (QED) is 0.676. The summed E-state index contributed by atoms with van der Waals surface area (Å²) in [5, 5.41) is 0. The maximum absolute atomic E-state index is 12.7. The number of nitrogens with one attached hydrogen (secondary N) is 1. The van der Waals surface area contributed by atoms with Gasteiger partial charge >= 0.3 is 0 Å². The highest BCUT2D eigenvalue weighted by molar-refractivity contribution is 7.92. The van der Waals surface area contributed by atoms with E-state index in [-0.39, 0.29) is 4.90 Å². The maximum atomic E-state index is 12.7. The van der Waals surface area contributed by atoms with Crippen molar-refractivity contribution in [1.82, 2.24) is 4.98 Å². The number of fused-ring (bicyclic) bond motifs is 1. The number of aromatic nitrogens is 1. The molecule has 7 nitrogen and oxygen atoms in total. The molecule has 0 fully saturated rings. The van der Waals surface area contributed by atoms with E-state index in [9.17, 15) is 8.42 Å². The van der Waals surface area contributed by atoms with Crippen LogP contribution in [0.4, 0.5) is 5.69 Å². The number of rotatable bonds is 7. The van der Waals surface area contributed by atoms with Gasteiger partial charge in [-0.3, -0.25) is 4.72 Å². The molecule has 0 aliphatic rings. The molecular formula is C18H20N2O5S. The predicted molar refractivity (Wildman–Crippen MR) is 98.3 cm³/mol. The van der Waals surface area contributed by atoms with E-state index >= 15 is 0 Å². The Labute approximate surface area is 152 Å². The molecule has 0 amide bonds. The Morgan fingerprint density at radius 1 is 1.04 bits per heavy atom. The van der Waals surface area contributed by atoms with Crippen molar-refractivity contribution < 1.29 is 22.3 Å². The first-order valence-corrected chi connectivity index (χ1v) is 9.71. The highest BCUT2D eigenvalue weighted by atomic mass is 32.2. The second-order valence-electron chi connectivity index (χ2n) is 5.50. The molecule has 0 saturated carbocycles. The molecule has 26 heavy (non-hydrogen) atoms. The van der Waals surface area contributed by atoms with E-state index in [4.69, 9.17) is 13.9 Å². The lowest BCUT2D eigenvalue weighted by Crippen LogP contribution is -2.13. The highest BCUT2D eigenvalue weighted by Crippen LogP contribution is 2.31. The molecule has 1 heterocycles. The van der Waals surface area contributed by atoms with Gasteiger partial charge in [-0.1, -0.05) is 0 Å². The zero-order valence-electron chi connectivity index (χ0n) is 14.8. The van der Waals surface area contributed by atoms with Crippen molar-refractivity contribution in [1.29, 1.82) is 0 Å². The molecule has 138 valence electrons. The van der Waals surface area contributed by atoms with Gasteiger partial charge in [0.25, 0.3) is 10.0 Å². The van der Waals surface area contributed by atoms with Crippen LogP contribution in [0.15, 0.2) is 45.7 Å². The molecule has 3 aromatic rings. The molecule has 3 rings (SSSR count). The zero-order valence-corrected chi connectivity index (χ0v) is 15.6. The number of benzene rings is 2. The van der Waals surface area contributed by atoms with Gasteiger partial charge in [-0.05, 0) is 44.2 Å². The van der Waals surface area contributed by atoms with Crippen molar-refractivity contribution >= 4 is 26.8 Å². The van der Waals surface area contributed by atoms with E-state index in [0.717, 1.165) is 0 Å². The zero-order chi connectivity index (χ0) is 18.7. The second kappa shape index (κ2) is 7.25. The normalized spacial score (nSPS) is 11.5. The van der Waals surface area contributed by atoms with Gasteiger partial charge in [0.05, 0.1) is 23.8 Å². The van der Waals surface area contributed by atoms with Gasteiger partial charge in [0, 0.05) is 13.0 Å². The van der Waals surface area contributed by atoms with Gasteiger partial charge in [0.1, 0.15) is 5.52 Å². The molecule has 1 N–H and O–H groups in total. The van der Waals surface area contributed by atoms with Crippen LogP contribution in [0.25, 0.3) is 11.1 Å². The summed E-state index contributed by atoms with van der Waals surface area (Å²) in [5.41, 5.74) is 1.59. The van der Waals surface area contributed by atoms with Crippen LogP contribution >= 0.6 is 0 Å². The Hall–Kier alpha value is -2.74. The van der Waals surface area contributed by atoms with Crippen molar-refractivity contribution in [3.63, 3.8) is 0 Å². The molecule has 8 heteroatoms. The third-order valence-corrected chi connectivity index (χ3v) is 4.95. The number of ether oxygens (including phenoxy) is 2. The van der Waals surface area contributed by atoms with E-state index in [0.29, 0.717) is 47.4 Å². The van der Waals surface area contributed by atoms with Gasteiger partial charge in [-0.25, -0.2) is 13.4 Å². The third kappa shape index (κ3) is 3.75. The summed E-state index contributed by atoms with van der Waals surface area (Å²) >= 11 is 0. The fraction of sp³-hybridized carbons (Fsp3) is 0.278. The maximum Gasteiger partial charge on any atom is 0.262 e. The second-order valence-corrected chi connectivity index (χ2v) is 7.18. The van der Waals surface area contributed by atoms with Crippen LogP contribution in [0.5, 0.6) is 11.5 Å². The van der Waals surface area contributed by atoms with Crippen LogP contribution < -0.4 is 14.2 Å². The number of oxazole rings is 1. The average molecular weight is 376 g/mol. The summed E-state index contributed by atoms with van der Waals surface area (Å²) in [4.78, 5) is 4.29. The number of hydrogen-bond acceptors (Lipinski definition) is 6. The average Bonchev–Trinajstić information content (AvgIpc) is 2.95. The first kappa shape index (κ1) is 18.1. The van der Waals surface area contributed by atoms with Crippen LogP contribution in [0.1, 0.15) is 19.7 Å². The first-order valence-electron chi connectivity index (χ1n) is 8.22. The third-order valence-electron chi connectivity index (χ3n) is 3.57. The summed E-state index contributed by atoms with van der Waals surface area (Å²) in [7, 11) is -3.79. The van der Waals surface area contributed by atoms with Gasteiger partial charge < -0.3 is 13.9 Å². The van der Waals surface area contributed by atoms with E-state index in [1.165, 1.54) is 12.1 Å². The number of hydrogen-bond donors (Lipinski definition) is 1. The van der Waals surface area contributed by atoms with Crippen LogP contribution in [-0.4, -0.2) is 26.6 Å². The Morgan fingerprint density at radius 2 is 1.77 bits per heavy atom. The van der Waals surface area contributed by atoms with Crippen LogP contribution in [0.3, 0.4) is 0 Å². The molecule has 0 atom stereocenters. The number of nitrogens with zero attached hydrogens (tertiary/aromatic N) is 1. The molecule has 0 aliphatic carbocycles. The van der Waals surface area contributed by atoms with Gasteiger partial charge in [0.2, 0.25) is 0 Å². The van der Waals surface area contributed by atoms with Crippen molar-refractivity contribution in [2.24, 2.45) is 0 Å². The molecule has 0 radical (unpaired) electrons. The topological polar surface area (TPSA) is 90.7 Å². The highest BCUT2D eigenvalue weighted by Gasteiger charge is 2.18. The number of sulfonamides is 1. The predicted octanol–water partition coefficient (Wildman–Crippen LogP) is 3.73. The lowest BCUT2D eigenvalue weighted by atomic mass is 10.3. The summed E-state index contributed by atoms with van der Waals surface area (Å²) in [6.45, 7) is 6.27. The smallest absolute Gasteiger partial charge is 0.262 e. The molecule has 0 saturated heterocycles. The number of anilines is 1. The van der Waals surface area contributed by atoms with Crippen LogP contribution in [0, 0.1) is 6.92 Å². The standard InChI is InChI=1S/C18H20N2O5S/c1-4-23-17-9-7-14(11-18(17)24-5-2)26(21,22)20-13-6-8-16-15(10-13)19-12(3)25-16/h6-11,20H,4-5H2,1-3H3. The monoisotopic (exact) mass is 376 g/mol. The van der Waals surface area contributed by atoms with Gasteiger partial charge in [-0.2, -0.15) is 0 Å². The minimum atomic E-state index is -3.79. The fourth-order valence-electron chi connectivity index (χ4n) is 2.52. The molecule has 2 aromatic carbocycles. The minimum Gasteiger partial charge on any atom is -0.490 e. The van der Waals surface area contributed by atoms with Gasteiger partial charge in [-0.15, -0.1) is 0 Å². The van der Waals surface area contributed by atoms with Crippen molar-refractivity contribution in [3.8, 4) is 11.5 Å². The lowest BCUT2D eigenvalue weighted by molar-refractivity contribution is 0.287. The Balaban J connectivity index is 1.91. The van der Waals surface area contributed by atoms with E-state index in [2.05, 4.69) is 9.71 Å². The molecule has 0 spiro atoms. The molecule has 1 aromatic heterocycles. The number of aryl methyl sites for hydroxylation is 1. The van der Waals surface area contributed by atoms with Crippen LogP contribution in [-0.2, 0) is 10.0 Å². The summed E-state index contributed by atoms with van der Waals surface area (Å²) in [6, 6.07) is 9.46. The largest absolute Gasteiger partial charge is 0.490 e. The molecule has 0 bridgehead atoms. The first-order chi connectivity index (χ1) is 12.4. The Bertz CT molecular complexity index is 1030. The molecular weight excluding hydrogens is 356 g/mol. The summed E-state index contributed by atoms with van der Waals surface area (Å²) in [6.07, 6.45) is 0. The van der Waals surface area contributed by atoms with Crippen molar-refractivity contribution in [2.45, 2.75) is 25.7 Å². The Kier molecular flexibility index (Phi) is 5.03. The van der Waals surface area contributed by atoms with E-state index < -0.39 is 10.0 Å². The lowest BCUT2D eigenvalue weighted by Gasteiger charge is -2.13. The summed E-state index contributed by atoms with van der Waals surface area (Å²) in [5.74, 6) is 1.42. The van der Waals surface area contributed by atoms with Crippen LogP contribution in [0.2, 0.25) is 0 Å². The summed E-state index contributed by atoms with van der Waals surface area (Å²) < 4.78 is 44.3. The SMILES string of the molecule is CCOc1ccc(S(=O)(=O)Nc2ccc3oc(C)nc3c2)cc1OCC. The van der Waals surface area contributed by atoms with E-state index in [1.54, 1.807) is 31.2 Å². The minimum absolute atomic E-state index is 0.0841. The van der Waals surface area contributed by atoms with Crippen molar-refractivity contribution in [2.75, 3.05) is 17.9 Å². The van der Waals surface area contributed by atoms with E-state index in [1.807, 2.05) is 13.8 Å². The Morgan fingerprint density at radius 3 is 2.50 bits per heavy atom. The fourth-order valence-corrected chi connectivity index (χ4v) is 3.58. The van der Waals surface area contributed by atoms with Gasteiger partial charge in [0.15, 0.2) is 23.0 Å². The molecule has 0 unspecified atom stereocenters.